The molecule has 6 rings (SSSR count). The van der Waals surface area contributed by atoms with Gasteiger partial charge in [-0.25, -0.2) is 0 Å². The summed E-state index contributed by atoms with van der Waals surface area (Å²) in [6.07, 6.45) is 7.51. The van der Waals surface area contributed by atoms with E-state index in [0.717, 1.165) is 0 Å². The topological polar surface area (TPSA) is 73.2 Å². The molecule has 0 saturated carbocycles. The summed E-state index contributed by atoms with van der Waals surface area (Å²) in [6, 6.07) is 1.45. The van der Waals surface area contributed by atoms with E-state index in [0.29, 0.717) is 35.9 Å². The number of fused-ring (bicyclic) bond motifs is 3. The van der Waals surface area contributed by atoms with E-state index in [4.69, 9.17) is 15.0 Å². The molecule has 0 aromatic rings. The number of amidine groups is 3. The summed E-state index contributed by atoms with van der Waals surface area (Å²) >= 11 is -2.71. The first-order chi connectivity index (χ1) is 14.6. The Bertz CT molecular complexity index is 784. The van der Waals surface area contributed by atoms with Gasteiger partial charge < -0.3 is 0 Å². The molecule has 0 aromatic heterocycles. The molecule has 3 saturated heterocycles. The van der Waals surface area contributed by atoms with Crippen LogP contribution >= 0.6 is 0 Å². The summed E-state index contributed by atoms with van der Waals surface area (Å²) in [5, 5.41) is 12.3. The van der Waals surface area contributed by atoms with Gasteiger partial charge in [0.25, 0.3) is 0 Å². The number of rotatable bonds is 3. The first kappa shape index (κ1) is 21.2. The van der Waals surface area contributed by atoms with Gasteiger partial charge in [0.2, 0.25) is 0 Å². The van der Waals surface area contributed by atoms with E-state index in [9.17, 15) is 0 Å². The van der Waals surface area contributed by atoms with E-state index in [1.54, 1.807) is 0 Å². The third-order valence-corrected chi connectivity index (χ3v) is 24.9. The van der Waals surface area contributed by atoms with Crippen LogP contribution in [0.15, 0.2) is 15.0 Å². The summed E-state index contributed by atoms with van der Waals surface area (Å²) in [5.74, 6) is 5.89. The molecular formula is C24H39LaN6. The summed E-state index contributed by atoms with van der Waals surface area (Å²) in [7, 11) is 0. The fraction of sp³-hybridized carbons (Fsp3) is 0.875. The van der Waals surface area contributed by atoms with Gasteiger partial charge in [0.05, 0.1) is 0 Å². The average molecular weight is 551 g/mol. The van der Waals surface area contributed by atoms with Crippen molar-refractivity contribution in [2.24, 2.45) is 32.7 Å². The molecule has 3 fully saturated rings. The summed E-state index contributed by atoms with van der Waals surface area (Å²) in [6.45, 7) is 14.5. The number of aliphatic imine (C=N–C) groups is 3. The molecule has 7 heteroatoms. The first-order valence-electron chi connectivity index (χ1n) is 12.6. The molecule has 168 valence electrons. The maximum atomic E-state index is 5.01. The van der Waals surface area contributed by atoms with Crippen molar-refractivity contribution in [3.63, 3.8) is 0 Å². The molecule has 0 aliphatic carbocycles. The normalized spacial score (nSPS) is 51.9. The van der Waals surface area contributed by atoms with Crippen LogP contribution in [0, 0.1) is 47.7 Å². The van der Waals surface area contributed by atoms with Gasteiger partial charge in [-0.1, -0.05) is 0 Å². The third kappa shape index (κ3) is 3.23. The monoisotopic (exact) mass is 550 g/mol. The van der Waals surface area contributed by atoms with E-state index in [-0.39, 0.29) is 5.82 Å². The second kappa shape index (κ2) is 6.82. The molecule has 31 heavy (non-hydrogen) atoms. The van der Waals surface area contributed by atoms with E-state index in [1.165, 1.54) is 56.0 Å². The minimum absolute atomic E-state index is 0.225. The van der Waals surface area contributed by atoms with Gasteiger partial charge in [0, 0.05) is 0 Å². The molecule has 6 nitrogen and oxygen atoms in total. The van der Waals surface area contributed by atoms with Crippen molar-refractivity contribution in [3.8, 4) is 0 Å². The van der Waals surface area contributed by atoms with Crippen LogP contribution in [0.1, 0.15) is 80.1 Å². The molecule has 9 unspecified atom stereocenters. The molecule has 9 atom stereocenters. The third-order valence-electron chi connectivity index (χ3n) is 9.28. The van der Waals surface area contributed by atoms with Crippen LogP contribution in [-0.2, 0) is 0 Å². The van der Waals surface area contributed by atoms with E-state index < -0.39 is 30.0 Å². The van der Waals surface area contributed by atoms with Crippen molar-refractivity contribution >= 4 is 17.5 Å². The van der Waals surface area contributed by atoms with Gasteiger partial charge in [-0.3, -0.25) is 0 Å². The van der Waals surface area contributed by atoms with Gasteiger partial charge in [-0.05, 0) is 0 Å². The van der Waals surface area contributed by atoms with Crippen molar-refractivity contribution in [1.82, 2.24) is 16.0 Å². The molecule has 6 heterocycles. The van der Waals surface area contributed by atoms with Gasteiger partial charge in [-0.15, -0.1) is 0 Å². The Kier molecular flexibility index (Phi) is 4.65. The summed E-state index contributed by atoms with van der Waals surface area (Å²) in [5.41, 5.74) is 0. The van der Waals surface area contributed by atoms with Crippen LogP contribution in [0.3, 0.4) is 0 Å². The Morgan fingerprint density at radius 2 is 0.903 bits per heavy atom. The summed E-state index contributed by atoms with van der Waals surface area (Å²) < 4.78 is 0.675. The van der Waals surface area contributed by atoms with Gasteiger partial charge in [-0.2, -0.15) is 0 Å². The van der Waals surface area contributed by atoms with Crippen LogP contribution in [-0.4, -0.2) is 41.5 Å². The minimum atomic E-state index is -2.71. The van der Waals surface area contributed by atoms with Gasteiger partial charge >= 0.3 is 200 Å². The van der Waals surface area contributed by atoms with Gasteiger partial charge in [0.15, 0.2) is 0 Å². The van der Waals surface area contributed by atoms with Crippen molar-refractivity contribution in [1.29, 1.82) is 0 Å². The van der Waals surface area contributed by atoms with Crippen molar-refractivity contribution in [3.05, 3.63) is 0 Å². The molecule has 0 amide bonds. The van der Waals surface area contributed by atoms with Crippen molar-refractivity contribution in [2.45, 2.75) is 104 Å². The molecule has 0 bridgehead atoms. The first-order valence-corrected chi connectivity index (χ1v) is 18.1. The molecule has 6 aliphatic heterocycles. The van der Waals surface area contributed by atoms with E-state index in [1.807, 2.05) is 0 Å². The molecule has 0 spiro atoms. The number of nitrogens with zero attached hydrogens (tertiary/aromatic N) is 3. The predicted octanol–water partition coefficient (Wildman–Crippen LogP) is 3.16. The molecular weight excluding hydrogens is 511 g/mol. The number of hydrogen-bond donors (Lipinski definition) is 3. The molecule has 3 N–H and O–H groups in total. The molecule has 0 radical (unpaired) electrons. The van der Waals surface area contributed by atoms with Crippen LogP contribution in [0.2, 0.25) is 0 Å². The van der Waals surface area contributed by atoms with Gasteiger partial charge in [0.1, 0.15) is 0 Å². The maximum absolute atomic E-state index is 5.01. The van der Waals surface area contributed by atoms with Crippen molar-refractivity contribution in [2.75, 3.05) is 0 Å². The van der Waals surface area contributed by atoms with Crippen molar-refractivity contribution < 1.29 is 30.0 Å². The van der Waals surface area contributed by atoms with E-state index in [2.05, 4.69) is 57.5 Å². The SMILES string of the molecule is CC1CC2C[C](C)([La]([C]3(C)CC4CC(C)N=C4N3)[C]3(C)CC4CC(C)N=C4N3)NC2=N1. The van der Waals surface area contributed by atoms with Crippen LogP contribution in [0.5, 0.6) is 0 Å². The number of hydrogen-bond acceptors (Lipinski definition) is 6. The Hall–Kier alpha value is -0.395. The molecule has 0 aromatic carbocycles. The molecule has 6 aliphatic rings. The Labute approximate surface area is 199 Å². The van der Waals surface area contributed by atoms with E-state index >= 15 is 0 Å². The predicted molar refractivity (Wildman–Crippen MR) is 123 cm³/mol. The zero-order chi connectivity index (χ0) is 21.8. The zero-order valence-corrected chi connectivity index (χ0v) is 23.8. The standard InChI is InChI=1S/3C8H13N2.La/c3*1-5-3-7-4-6(2)10-8(7)9-5;/h3*5,7H,3-4H2,1-2H3,(H,9,10);. The fourth-order valence-electron chi connectivity index (χ4n) is 8.95. The average Bonchev–Trinajstić information content (AvgIpc) is 3.38. The second-order valence-corrected chi connectivity index (χ2v) is 27.3. The second-order valence-electron chi connectivity index (χ2n) is 12.6. The quantitative estimate of drug-likeness (QED) is 0.506. The Morgan fingerprint density at radius 3 is 1.16 bits per heavy atom. The fourth-order valence-corrected chi connectivity index (χ4v) is 29.8. The van der Waals surface area contributed by atoms with Crippen LogP contribution in [0.25, 0.3) is 0 Å². The zero-order valence-electron chi connectivity index (χ0n) is 20.1. The Balaban J connectivity index is 1.39. The van der Waals surface area contributed by atoms with Crippen LogP contribution in [0.4, 0.5) is 0 Å². The number of nitrogens with one attached hydrogen (secondary N) is 3. The summed E-state index contributed by atoms with van der Waals surface area (Å²) in [4.78, 5) is 15.0. The van der Waals surface area contributed by atoms with Crippen LogP contribution < -0.4 is 16.0 Å². The Morgan fingerprint density at radius 1 is 0.613 bits per heavy atom.